The van der Waals surface area contributed by atoms with Gasteiger partial charge in [-0.2, -0.15) is 18.3 Å². The molecular formula is C17H22F3N3O2. The van der Waals surface area contributed by atoms with Crippen LogP contribution in [0.3, 0.4) is 0 Å². The summed E-state index contributed by atoms with van der Waals surface area (Å²) in [4.78, 5) is 0. The van der Waals surface area contributed by atoms with E-state index in [1.807, 2.05) is 31.8 Å². The predicted octanol–water partition coefficient (Wildman–Crippen LogP) is 3.53. The van der Waals surface area contributed by atoms with Gasteiger partial charge in [-0.15, -0.1) is 0 Å². The van der Waals surface area contributed by atoms with Crippen LogP contribution in [0.1, 0.15) is 29.8 Å². The first-order valence-electron chi connectivity index (χ1n) is 7.79. The van der Waals surface area contributed by atoms with Gasteiger partial charge in [0.25, 0.3) is 0 Å². The number of methoxy groups -OCH3 is 1. The van der Waals surface area contributed by atoms with Crippen molar-refractivity contribution in [2.24, 2.45) is 7.05 Å². The molecule has 0 saturated heterocycles. The molecule has 0 amide bonds. The Kier molecular flexibility index (Phi) is 5.94. The second-order valence-corrected chi connectivity index (χ2v) is 5.80. The van der Waals surface area contributed by atoms with E-state index in [1.54, 1.807) is 12.1 Å². The third-order valence-corrected chi connectivity index (χ3v) is 3.97. The van der Waals surface area contributed by atoms with E-state index in [1.165, 1.54) is 13.2 Å². The van der Waals surface area contributed by atoms with Crippen LogP contribution in [0.5, 0.6) is 11.5 Å². The highest BCUT2D eigenvalue weighted by atomic mass is 19.4. The van der Waals surface area contributed by atoms with Crippen molar-refractivity contribution in [2.75, 3.05) is 13.7 Å². The van der Waals surface area contributed by atoms with Gasteiger partial charge in [-0.05, 0) is 31.5 Å². The van der Waals surface area contributed by atoms with E-state index >= 15 is 0 Å². The Morgan fingerprint density at radius 2 is 2.00 bits per heavy atom. The molecule has 1 N–H and O–H groups in total. The molecule has 0 saturated carbocycles. The van der Waals surface area contributed by atoms with Crippen LogP contribution in [0.25, 0.3) is 0 Å². The molecule has 0 bridgehead atoms. The van der Waals surface area contributed by atoms with E-state index < -0.39 is 12.8 Å². The van der Waals surface area contributed by atoms with Crippen LogP contribution in [0.2, 0.25) is 0 Å². The molecule has 0 fully saturated rings. The van der Waals surface area contributed by atoms with Crippen molar-refractivity contribution in [3.8, 4) is 11.5 Å². The molecule has 5 nitrogen and oxygen atoms in total. The Hall–Kier alpha value is -2.22. The SMILES string of the molecule is COc1cc(CNC(C)c2cnn(C)c2C)ccc1OCC(F)(F)F. The first kappa shape index (κ1) is 19.1. The van der Waals surface area contributed by atoms with Crippen LogP contribution in [0.4, 0.5) is 13.2 Å². The number of nitrogens with one attached hydrogen (secondary N) is 1. The maximum Gasteiger partial charge on any atom is 0.422 e. The first-order valence-corrected chi connectivity index (χ1v) is 7.79. The number of hydrogen-bond donors (Lipinski definition) is 1. The number of aryl methyl sites for hydroxylation is 1. The van der Waals surface area contributed by atoms with E-state index in [9.17, 15) is 13.2 Å². The minimum atomic E-state index is -4.39. The Bertz CT molecular complexity index is 714. The molecule has 0 aliphatic rings. The molecule has 0 radical (unpaired) electrons. The molecule has 0 aliphatic carbocycles. The van der Waals surface area contributed by atoms with Gasteiger partial charge in [0.1, 0.15) is 0 Å². The second kappa shape index (κ2) is 7.77. The quantitative estimate of drug-likeness (QED) is 0.824. The first-order chi connectivity index (χ1) is 11.7. The van der Waals surface area contributed by atoms with Gasteiger partial charge in [0.05, 0.1) is 13.3 Å². The van der Waals surface area contributed by atoms with Crippen molar-refractivity contribution in [2.45, 2.75) is 32.6 Å². The summed E-state index contributed by atoms with van der Waals surface area (Å²) >= 11 is 0. The summed E-state index contributed by atoms with van der Waals surface area (Å²) in [7, 11) is 3.28. The largest absolute Gasteiger partial charge is 0.493 e. The van der Waals surface area contributed by atoms with E-state index in [0.29, 0.717) is 6.54 Å². The molecular weight excluding hydrogens is 335 g/mol. The fraction of sp³-hybridized carbons (Fsp3) is 0.471. The lowest BCUT2D eigenvalue weighted by Gasteiger charge is -2.16. The minimum Gasteiger partial charge on any atom is -0.493 e. The molecule has 25 heavy (non-hydrogen) atoms. The van der Waals surface area contributed by atoms with Crippen LogP contribution in [-0.4, -0.2) is 29.7 Å². The van der Waals surface area contributed by atoms with Crippen LogP contribution >= 0.6 is 0 Å². The summed E-state index contributed by atoms with van der Waals surface area (Å²) in [6.07, 6.45) is -2.57. The minimum absolute atomic E-state index is 0.0692. The standard InChI is InChI=1S/C17H22F3N3O2/c1-11(14-9-22-23(3)12(14)2)21-8-13-5-6-15(16(7-13)24-4)25-10-17(18,19)20/h5-7,9,11,21H,8,10H2,1-4H3. The Balaban J connectivity index is 2.01. The Labute approximate surface area is 144 Å². The molecule has 1 atom stereocenters. The fourth-order valence-corrected chi connectivity index (χ4v) is 2.42. The number of ether oxygens (including phenoxy) is 2. The summed E-state index contributed by atoms with van der Waals surface area (Å²) in [5, 5.41) is 7.59. The number of hydrogen-bond acceptors (Lipinski definition) is 4. The highest BCUT2D eigenvalue weighted by Gasteiger charge is 2.29. The maximum absolute atomic E-state index is 12.3. The van der Waals surface area contributed by atoms with Gasteiger partial charge in [-0.1, -0.05) is 6.07 Å². The summed E-state index contributed by atoms with van der Waals surface area (Å²) < 4.78 is 48.6. The van der Waals surface area contributed by atoms with Crippen molar-refractivity contribution in [1.29, 1.82) is 0 Å². The van der Waals surface area contributed by atoms with Crippen molar-refractivity contribution in [3.63, 3.8) is 0 Å². The molecule has 1 unspecified atom stereocenters. The van der Waals surface area contributed by atoms with E-state index in [4.69, 9.17) is 9.47 Å². The Morgan fingerprint density at radius 3 is 2.56 bits per heavy atom. The van der Waals surface area contributed by atoms with Crippen LogP contribution in [0, 0.1) is 6.92 Å². The zero-order valence-electron chi connectivity index (χ0n) is 14.6. The van der Waals surface area contributed by atoms with Gasteiger partial charge in [-0.3, -0.25) is 4.68 Å². The van der Waals surface area contributed by atoms with Crippen LogP contribution in [-0.2, 0) is 13.6 Å². The topological polar surface area (TPSA) is 48.3 Å². The Morgan fingerprint density at radius 1 is 1.28 bits per heavy atom. The van der Waals surface area contributed by atoms with Gasteiger partial charge in [0.2, 0.25) is 0 Å². The lowest BCUT2D eigenvalue weighted by molar-refractivity contribution is -0.153. The molecule has 0 spiro atoms. The molecule has 0 aliphatic heterocycles. The fourth-order valence-electron chi connectivity index (χ4n) is 2.42. The number of aromatic nitrogens is 2. The lowest BCUT2D eigenvalue weighted by atomic mass is 10.1. The van der Waals surface area contributed by atoms with Crippen molar-refractivity contribution >= 4 is 0 Å². The van der Waals surface area contributed by atoms with E-state index in [-0.39, 0.29) is 17.5 Å². The zero-order chi connectivity index (χ0) is 18.6. The molecule has 2 rings (SSSR count). The molecule has 1 aromatic carbocycles. The number of halogens is 3. The number of alkyl halides is 3. The molecule has 1 aromatic heterocycles. The normalized spacial score (nSPS) is 12.9. The lowest BCUT2D eigenvalue weighted by Crippen LogP contribution is -2.20. The van der Waals surface area contributed by atoms with Gasteiger partial charge in [-0.25, -0.2) is 0 Å². The smallest absolute Gasteiger partial charge is 0.422 e. The molecule has 2 aromatic rings. The van der Waals surface area contributed by atoms with Gasteiger partial charge in [0, 0.05) is 30.9 Å². The third-order valence-electron chi connectivity index (χ3n) is 3.97. The second-order valence-electron chi connectivity index (χ2n) is 5.80. The average Bonchev–Trinajstić information content (AvgIpc) is 2.89. The van der Waals surface area contributed by atoms with Gasteiger partial charge in [0.15, 0.2) is 18.1 Å². The summed E-state index contributed by atoms with van der Waals surface area (Å²) in [6.45, 7) is 3.21. The van der Waals surface area contributed by atoms with Crippen molar-refractivity contribution in [1.82, 2.24) is 15.1 Å². The number of benzene rings is 1. The highest BCUT2D eigenvalue weighted by Crippen LogP contribution is 2.30. The van der Waals surface area contributed by atoms with E-state index in [2.05, 4.69) is 10.4 Å². The van der Waals surface area contributed by atoms with Gasteiger partial charge >= 0.3 is 6.18 Å². The van der Waals surface area contributed by atoms with Crippen LogP contribution < -0.4 is 14.8 Å². The highest BCUT2D eigenvalue weighted by molar-refractivity contribution is 5.43. The third kappa shape index (κ3) is 5.12. The summed E-state index contributed by atoms with van der Waals surface area (Å²) in [6, 6.07) is 4.95. The van der Waals surface area contributed by atoms with Crippen molar-refractivity contribution in [3.05, 3.63) is 41.2 Å². The molecule has 138 valence electrons. The molecule has 1 heterocycles. The van der Waals surface area contributed by atoms with E-state index in [0.717, 1.165) is 16.8 Å². The summed E-state index contributed by atoms with van der Waals surface area (Å²) in [5.41, 5.74) is 3.05. The van der Waals surface area contributed by atoms with Crippen LogP contribution in [0.15, 0.2) is 24.4 Å². The molecule has 8 heteroatoms. The zero-order valence-corrected chi connectivity index (χ0v) is 14.6. The predicted molar refractivity (Wildman–Crippen MR) is 87.7 cm³/mol. The maximum atomic E-state index is 12.3. The monoisotopic (exact) mass is 357 g/mol. The van der Waals surface area contributed by atoms with Gasteiger partial charge < -0.3 is 14.8 Å². The summed E-state index contributed by atoms with van der Waals surface area (Å²) in [5.74, 6) is 0.341. The number of nitrogens with zero attached hydrogens (tertiary/aromatic N) is 2. The van der Waals surface area contributed by atoms with Crippen molar-refractivity contribution < 1.29 is 22.6 Å². The average molecular weight is 357 g/mol. The number of rotatable bonds is 7.